The Labute approximate surface area is 355 Å². The lowest BCUT2D eigenvalue weighted by Gasteiger charge is -2.48. The van der Waals surface area contributed by atoms with Crippen LogP contribution in [-0.4, -0.2) is 59.8 Å². The molecule has 0 spiro atoms. The highest BCUT2D eigenvalue weighted by molar-refractivity contribution is 7.53. The van der Waals surface area contributed by atoms with Crippen LogP contribution in [0.5, 0.6) is 0 Å². The first-order valence-corrected chi connectivity index (χ1v) is 21.9. The topological polar surface area (TPSA) is 171 Å². The van der Waals surface area contributed by atoms with Crippen molar-refractivity contribution in [3.63, 3.8) is 0 Å². The smallest absolute Gasteiger partial charge is 0.334 e. The quantitative estimate of drug-likeness (QED) is 0.0559. The molecule has 0 unspecified atom stereocenters. The van der Waals surface area contributed by atoms with Crippen molar-refractivity contribution in [2.45, 2.75) is 58.0 Å². The molecule has 0 aromatic heterocycles. The van der Waals surface area contributed by atoms with Crippen molar-refractivity contribution in [3.05, 3.63) is 168 Å². The summed E-state index contributed by atoms with van der Waals surface area (Å²) < 4.78 is 3.60. The Hall–Kier alpha value is -4.18. The van der Waals surface area contributed by atoms with Crippen LogP contribution in [-0.2, 0) is 20.7 Å². The normalized spacial score (nSPS) is 12.4. The molecule has 6 aromatic rings. The van der Waals surface area contributed by atoms with E-state index in [-0.39, 0.29) is 0 Å². The van der Waals surface area contributed by atoms with Crippen LogP contribution < -0.4 is 0 Å². The number of aliphatic hydroxyl groups excluding tert-OH is 3. The van der Waals surface area contributed by atoms with Gasteiger partial charge in [0.2, 0.25) is 0 Å². The Bertz CT molecular complexity index is 2130. The Morgan fingerprint density at radius 2 is 0.700 bits per heavy atom. The van der Waals surface area contributed by atoms with Crippen molar-refractivity contribution in [3.8, 4) is 44.5 Å². The fourth-order valence-corrected chi connectivity index (χ4v) is 8.69. The number of hydrogen-bond acceptors (Lipinski definition) is 9. The summed E-state index contributed by atoms with van der Waals surface area (Å²) in [5.74, 6) is 0. The molecule has 0 bridgehead atoms. The van der Waals surface area contributed by atoms with Gasteiger partial charge in [-0.15, -0.1) is 0 Å². The molecule has 11 heteroatoms. The molecule has 0 saturated heterocycles. The van der Waals surface area contributed by atoms with Crippen molar-refractivity contribution >= 4 is 17.2 Å². The third kappa shape index (κ3) is 9.79. The summed E-state index contributed by atoms with van der Waals surface area (Å²) in [6.07, 6.45) is 0. The van der Waals surface area contributed by atoms with E-state index in [2.05, 4.69) is 70.1 Å². The number of hydrogen-bond donors (Lipinski definition) is 8. The van der Waals surface area contributed by atoms with E-state index in [1.54, 1.807) is 0 Å². The van der Waals surface area contributed by atoms with E-state index in [4.69, 9.17) is 19.6 Å². The zero-order chi connectivity index (χ0) is 43.9. The molecule has 0 aliphatic carbocycles. The molecule has 0 atom stereocenters. The summed E-state index contributed by atoms with van der Waals surface area (Å²) in [6.45, 7) is 11.0. The first-order chi connectivity index (χ1) is 28.4. The van der Waals surface area contributed by atoms with Crippen LogP contribution in [0.15, 0.2) is 146 Å². The Kier molecular flexibility index (Phi) is 15.4. The number of benzene rings is 6. The Balaban J connectivity index is 0.000000896. The van der Waals surface area contributed by atoms with Gasteiger partial charge in [0.25, 0.3) is 0 Å². The zero-order valence-corrected chi connectivity index (χ0v) is 36.6. The SMILES string of the molecule is CC(C)(C)c1c(-c2ccccc2)ccc(C(O)(c2ccc(-c3ccccc3)c(C(C)(C)C)c2-c2ccccc2)C(CO)(CO)CO)c1-c1ccccc1.OP(O)OP(O)O. The summed E-state index contributed by atoms with van der Waals surface area (Å²) in [5.41, 5.74) is 5.68. The molecule has 0 aliphatic rings. The molecule has 0 heterocycles. The molecule has 0 amide bonds. The standard InChI is InChI=1S/C49H52O4.H4O5P2/c1-46(2,3)44-38(34-19-11-7-12-20-34)27-29-40(42(44)36-23-15-9-16-24-36)49(53,48(31-50,32-51)33-52)41-30-28-39(35-21-13-8-14-22-35)45(47(4,5)6)43(41)37-25-17-10-18-26-37;1-6(2)5-7(3)4/h7-30,50-53H,31-33H2,1-6H3;1-4H. The molecule has 9 nitrogen and oxygen atoms in total. The summed E-state index contributed by atoms with van der Waals surface area (Å²) in [6, 6.07) is 48.5. The lowest BCUT2D eigenvalue weighted by atomic mass is 9.60. The van der Waals surface area contributed by atoms with Gasteiger partial charge in [-0.05, 0) is 77.6 Å². The van der Waals surface area contributed by atoms with Crippen molar-refractivity contribution in [2.24, 2.45) is 5.41 Å². The van der Waals surface area contributed by atoms with Crippen LogP contribution in [0.2, 0.25) is 0 Å². The minimum atomic E-state index is -2.61. The highest BCUT2D eigenvalue weighted by atomic mass is 31.2. The highest BCUT2D eigenvalue weighted by Crippen LogP contribution is 2.56. The summed E-state index contributed by atoms with van der Waals surface area (Å²) in [5, 5.41) is 48.4. The molecule has 8 N–H and O–H groups in total. The van der Waals surface area contributed by atoms with Crippen LogP contribution in [0.4, 0.5) is 0 Å². The Morgan fingerprint density at radius 3 is 0.933 bits per heavy atom. The van der Waals surface area contributed by atoms with E-state index < -0.39 is 58.9 Å². The monoisotopic (exact) mass is 850 g/mol. The van der Waals surface area contributed by atoms with Gasteiger partial charge < -0.3 is 40.0 Å². The molecule has 0 fully saturated rings. The van der Waals surface area contributed by atoms with Crippen LogP contribution in [0.25, 0.3) is 44.5 Å². The lowest BCUT2D eigenvalue weighted by molar-refractivity contribution is -0.135. The predicted molar refractivity (Wildman–Crippen MR) is 243 cm³/mol. The fourth-order valence-electron chi connectivity index (χ4n) is 8.17. The molecule has 316 valence electrons. The summed E-state index contributed by atoms with van der Waals surface area (Å²) >= 11 is 0. The minimum Gasteiger partial charge on any atom is -0.395 e. The molecule has 6 aromatic carbocycles. The van der Waals surface area contributed by atoms with Crippen molar-refractivity contribution < 1.29 is 44.3 Å². The molecule has 0 radical (unpaired) electrons. The molecule has 0 aliphatic heterocycles. The molecular formula is C49H56O9P2. The first kappa shape index (κ1) is 46.9. The minimum absolute atomic E-state index is 0.427. The van der Waals surface area contributed by atoms with E-state index in [9.17, 15) is 20.4 Å². The van der Waals surface area contributed by atoms with Gasteiger partial charge >= 0.3 is 17.2 Å². The maximum atomic E-state index is 14.2. The third-order valence-electron chi connectivity index (χ3n) is 10.8. The van der Waals surface area contributed by atoms with E-state index >= 15 is 0 Å². The summed E-state index contributed by atoms with van der Waals surface area (Å²) in [7, 11) is -5.22. The van der Waals surface area contributed by atoms with Crippen LogP contribution >= 0.6 is 17.2 Å². The van der Waals surface area contributed by atoms with Gasteiger partial charge in [0.15, 0.2) is 0 Å². The second-order valence-electron chi connectivity index (χ2n) is 16.8. The number of aliphatic hydroxyl groups is 4. The van der Waals surface area contributed by atoms with E-state index in [0.29, 0.717) is 11.1 Å². The zero-order valence-electron chi connectivity index (χ0n) is 34.9. The third-order valence-corrected chi connectivity index (χ3v) is 12.0. The summed E-state index contributed by atoms with van der Waals surface area (Å²) in [4.78, 5) is 31.3. The van der Waals surface area contributed by atoms with Gasteiger partial charge in [-0.3, -0.25) is 0 Å². The van der Waals surface area contributed by atoms with E-state index in [0.717, 1.165) is 55.6 Å². The number of rotatable bonds is 12. The first-order valence-electron chi connectivity index (χ1n) is 19.6. The maximum Gasteiger partial charge on any atom is 0.334 e. The molecular weight excluding hydrogens is 794 g/mol. The maximum absolute atomic E-state index is 14.2. The molecule has 60 heavy (non-hydrogen) atoms. The van der Waals surface area contributed by atoms with Gasteiger partial charge in [-0.2, -0.15) is 0 Å². The average Bonchev–Trinajstić information content (AvgIpc) is 3.23. The second kappa shape index (κ2) is 19.7. The van der Waals surface area contributed by atoms with E-state index in [1.165, 1.54) is 0 Å². The van der Waals surface area contributed by atoms with Crippen molar-refractivity contribution in [2.75, 3.05) is 19.8 Å². The van der Waals surface area contributed by atoms with Crippen LogP contribution in [0, 0.1) is 5.41 Å². The fraction of sp³-hybridized carbons (Fsp3) is 0.265. The van der Waals surface area contributed by atoms with E-state index in [1.807, 2.05) is 121 Å². The second-order valence-corrected chi connectivity index (χ2v) is 18.5. The van der Waals surface area contributed by atoms with Gasteiger partial charge in [0.05, 0.1) is 25.2 Å². The highest BCUT2D eigenvalue weighted by Gasteiger charge is 2.55. The van der Waals surface area contributed by atoms with Crippen LogP contribution in [0.3, 0.4) is 0 Å². The molecule has 6 rings (SSSR count). The van der Waals surface area contributed by atoms with Crippen LogP contribution in [0.1, 0.15) is 63.8 Å². The predicted octanol–water partition coefficient (Wildman–Crippen LogP) is 9.57. The van der Waals surface area contributed by atoms with Gasteiger partial charge in [0, 0.05) is 0 Å². The lowest BCUT2D eigenvalue weighted by Crippen LogP contribution is -2.55. The van der Waals surface area contributed by atoms with Crippen molar-refractivity contribution in [1.29, 1.82) is 0 Å². The Morgan fingerprint density at radius 1 is 0.417 bits per heavy atom. The van der Waals surface area contributed by atoms with Gasteiger partial charge in [0.1, 0.15) is 5.60 Å². The van der Waals surface area contributed by atoms with Gasteiger partial charge in [-0.25, -0.2) is 4.31 Å². The molecule has 0 saturated carbocycles. The van der Waals surface area contributed by atoms with Crippen molar-refractivity contribution in [1.82, 2.24) is 0 Å². The average molecular weight is 851 g/mol. The van der Waals surface area contributed by atoms with Gasteiger partial charge in [-0.1, -0.05) is 187 Å². The largest absolute Gasteiger partial charge is 0.395 e.